The number of fused-ring (bicyclic) bond motifs is 1. The first kappa shape index (κ1) is 13.2. The minimum Gasteiger partial charge on any atom is -0.485 e. The van der Waals surface area contributed by atoms with Crippen molar-refractivity contribution in [1.82, 2.24) is 9.78 Å². The molecule has 3 rings (SSSR count). The predicted octanol–water partition coefficient (Wildman–Crippen LogP) is 3.16. The van der Waals surface area contributed by atoms with Gasteiger partial charge in [-0.25, -0.2) is 0 Å². The van der Waals surface area contributed by atoms with Crippen LogP contribution in [0.3, 0.4) is 0 Å². The fourth-order valence-electron chi connectivity index (χ4n) is 2.67. The zero-order valence-corrected chi connectivity index (χ0v) is 11.9. The lowest BCUT2D eigenvalue weighted by Crippen LogP contribution is -2.18. The van der Waals surface area contributed by atoms with E-state index in [-0.39, 0.29) is 6.10 Å². The molecule has 1 aromatic carbocycles. The minimum atomic E-state index is -0.474. The van der Waals surface area contributed by atoms with Crippen molar-refractivity contribution in [2.24, 2.45) is 0 Å². The van der Waals surface area contributed by atoms with Gasteiger partial charge >= 0.3 is 0 Å². The van der Waals surface area contributed by atoms with Gasteiger partial charge in [-0.15, -0.1) is 0 Å². The molecule has 0 aliphatic carbocycles. The maximum Gasteiger partial charge on any atom is 0.130 e. The number of aryl methyl sites for hydroxylation is 2. The lowest BCUT2D eigenvalue weighted by atomic mass is 9.95. The Balaban J connectivity index is 1.85. The number of aliphatic hydroxyl groups is 1. The Kier molecular flexibility index (Phi) is 3.49. The van der Waals surface area contributed by atoms with Crippen molar-refractivity contribution >= 4 is 0 Å². The molecule has 0 amide bonds. The fraction of sp³-hybridized carbons (Fsp3) is 0.438. The number of hydrogen-bond donors (Lipinski definition) is 1. The van der Waals surface area contributed by atoms with Gasteiger partial charge in [0.25, 0.3) is 0 Å². The van der Waals surface area contributed by atoms with Crippen molar-refractivity contribution in [2.45, 2.75) is 45.4 Å². The summed E-state index contributed by atoms with van der Waals surface area (Å²) in [5.41, 5.74) is 3.06. The van der Waals surface area contributed by atoms with E-state index in [1.54, 1.807) is 0 Å². The van der Waals surface area contributed by atoms with Crippen LogP contribution in [0.4, 0.5) is 0 Å². The average molecular weight is 272 g/mol. The standard InChI is InChI=1S/C16H20N2O2/c1-3-6-18-10-12(9-17-18)16-8-14(19)13-7-11(2)4-5-15(13)20-16/h4-5,7,9-10,14,16,19H,3,6,8H2,1-2H3/t14-,16?/m1/s1. The smallest absolute Gasteiger partial charge is 0.130 e. The Labute approximate surface area is 119 Å². The van der Waals surface area contributed by atoms with Crippen molar-refractivity contribution in [3.8, 4) is 5.75 Å². The van der Waals surface area contributed by atoms with Gasteiger partial charge in [0.1, 0.15) is 11.9 Å². The van der Waals surface area contributed by atoms with Crippen LogP contribution in [0.2, 0.25) is 0 Å². The van der Waals surface area contributed by atoms with E-state index in [0.717, 1.165) is 35.4 Å². The molecule has 1 aliphatic heterocycles. The van der Waals surface area contributed by atoms with Gasteiger partial charge in [-0.2, -0.15) is 5.10 Å². The van der Waals surface area contributed by atoms with E-state index in [2.05, 4.69) is 12.0 Å². The van der Waals surface area contributed by atoms with Gasteiger partial charge in [0.15, 0.2) is 0 Å². The van der Waals surface area contributed by atoms with E-state index in [9.17, 15) is 5.11 Å². The Bertz CT molecular complexity index is 606. The van der Waals surface area contributed by atoms with E-state index >= 15 is 0 Å². The van der Waals surface area contributed by atoms with E-state index < -0.39 is 6.10 Å². The summed E-state index contributed by atoms with van der Waals surface area (Å²) < 4.78 is 7.95. The summed E-state index contributed by atoms with van der Waals surface area (Å²) in [5.74, 6) is 0.780. The molecule has 106 valence electrons. The molecule has 0 bridgehead atoms. The maximum atomic E-state index is 10.3. The molecule has 1 aromatic heterocycles. The van der Waals surface area contributed by atoms with Crippen LogP contribution in [0.1, 0.15) is 48.7 Å². The largest absolute Gasteiger partial charge is 0.485 e. The molecule has 1 N–H and O–H groups in total. The summed E-state index contributed by atoms with van der Waals surface area (Å²) >= 11 is 0. The van der Waals surface area contributed by atoms with Crippen LogP contribution in [-0.4, -0.2) is 14.9 Å². The summed E-state index contributed by atoms with van der Waals surface area (Å²) in [6.45, 7) is 5.06. The molecule has 4 heteroatoms. The van der Waals surface area contributed by atoms with Crippen LogP contribution >= 0.6 is 0 Å². The topological polar surface area (TPSA) is 47.3 Å². The zero-order valence-electron chi connectivity index (χ0n) is 11.9. The van der Waals surface area contributed by atoms with Crippen LogP contribution in [0.15, 0.2) is 30.6 Å². The van der Waals surface area contributed by atoms with Gasteiger partial charge in [0, 0.05) is 30.3 Å². The summed E-state index contributed by atoms with van der Waals surface area (Å²) in [5, 5.41) is 14.7. The van der Waals surface area contributed by atoms with E-state index in [0.29, 0.717) is 6.42 Å². The lowest BCUT2D eigenvalue weighted by Gasteiger charge is -2.29. The van der Waals surface area contributed by atoms with Crippen LogP contribution in [-0.2, 0) is 6.54 Å². The first-order valence-electron chi connectivity index (χ1n) is 7.15. The SMILES string of the molecule is CCCn1cc(C2C[C@@H](O)c3cc(C)ccc3O2)cn1. The van der Waals surface area contributed by atoms with Crippen molar-refractivity contribution in [2.75, 3.05) is 0 Å². The highest BCUT2D eigenvalue weighted by molar-refractivity contribution is 5.40. The van der Waals surface area contributed by atoms with E-state index in [4.69, 9.17) is 4.74 Å². The highest BCUT2D eigenvalue weighted by atomic mass is 16.5. The minimum absolute atomic E-state index is 0.120. The third-order valence-corrected chi connectivity index (χ3v) is 3.71. The number of aromatic nitrogens is 2. The molecule has 1 aliphatic rings. The molecule has 4 nitrogen and oxygen atoms in total. The monoisotopic (exact) mass is 272 g/mol. The van der Waals surface area contributed by atoms with Crippen LogP contribution < -0.4 is 4.74 Å². The Morgan fingerprint density at radius 2 is 2.30 bits per heavy atom. The molecule has 2 atom stereocenters. The molecular formula is C16H20N2O2. The first-order chi connectivity index (χ1) is 9.67. The van der Waals surface area contributed by atoms with Gasteiger partial charge in [-0.05, 0) is 25.5 Å². The average Bonchev–Trinajstić information content (AvgIpc) is 2.88. The molecule has 0 saturated heterocycles. The molecule has 2 heterocycles. The highest BCUT2D eigenvalue weighted by Crippen LogP contribution is 2.40. The molecule has 0 radical (unpaired) electrons. The summed E-state index contributed by atoms with van der Waals surface area (Å²) in [6, 6.07) is 5.95. The fourth-order valence-corrected chi connectivity index (χ4v) is 2.67. The number of benzene rings is 1. The second-order valence-electron chi connectivity index (χ2n) is 5.44. The van der Waals surface area contributed by atoms with E-state index in [1.807, 2.05) is 42.2 Å². The van der Waals surface area contributed by atoms with Crippen LogP contribution in [0.5, 0.6) is 5.75 Å². The Morgan fingerprint density at radius 1 is 1.45 bits per heavy atom. The molecule has 1 unspecified atom stereocenters. The van der Waals surface area contributed by atoms with Crippen molar-refractivity contribution in [1.29, 1.82) is 0 Å². The first-order valence-corrected chi connectivity index (χ1v) is 7.15. The molecule has 20 heavy (non-hydrogen) atoms. The number of rotatable bonds is 3. The number of hydrogen-bond acceptors (Lipinski definition) is 3. The van der Waals surface area contributed by atoms with E-state index in [1.165, 1.54) is 0 Å². The second kappa shape index (κ2) is 5.29. The van der Waals surface area contributed by atoms with Gasteiger partial charge in [0.2, 0.25) is 0 Å². The number of aliphatic hydroxyl groups excluding tert-OH is 1. The molecule has 0 saturated carbocycles. The number of ether oxygens (including phenoxy) is 1. The van der Waals surface area contributed by atoms with Crippen LogP contribution in [0, 0.1) is 6.92 Å². The zero-order chi connectivity index (χ0) is 14.1. The quantitative estimate of drug-likeness (QED) is 0.933. The van der Waals surface area contributed by atoms with Gasteiger partial charge in [-0.1, -0.05) is 18.6 Å². The lowest BCUT2D eigenvalue weighted by molar-refractivity contribution is 0.0656. The van der Waals surface area contributed by atoms with Crippen molar-refractivity contribution in [3.63, 3.8) is 0 Å². The summed E-state index contributed by atoms with van der Waals surface area (Å²) in [7, 11) is 0. The molecule has 0 spiro atoms. The molecule has 0 fully saturated rings. The van der Waals surface area contributed by atoms with Crippen LogP contribution in [0.25, 0.3) is 0 Å². The van der Waals surface area contributed by atoms with Gasteiger partial charge in [-0.3, -0.25) is 4.68 Å². The molecule has 2 aromatic rings. The van der Waals surface area contributed by atoms with Crippen molar-refractivity contribution in [3.05, 3.63) is 47.3 Å². The summed E-state index contributed by atoms with van der Waals surface area (Å²) in [4.78, 5) is 0. The highest BCUT2D eigenvalue weighted by Gasteiger charge is 2.28. The Hall–Kier alpha value is -1.81. The Morgan fingerprint density at radius 3 is 3.10 bits per heavy atom. The number of nitrogens with zero attached hydrogens (tertiary/aromatic N) is 2. The van der Waals surface area contributed by atoms with Crippen molar-refractivity contribution < 1.29 is 9.84 Å². The maximum absolute atomic E-state index is 10.3. The second-order valence-corrected chi connectivity index (χ2v) is 5.44. The van der Waals surface area contributed by atoms with Gasteiger partial charge < -0.3 is 9.84 Å². The van der Waals surface area contributed by atoms with Gasteiger partial charge in [0.05, 0.1) is 12.3 Å². The summed E-state index contributed by atoms with van der Waals surface area (Å²) in [6.07, 6.45) is 4.89. The molecular weight excluding hydrogens is 252 g/mol. The third-order valence-electron chi connectivity index (χ3n) is 3.71. The predicted molar refractivity (Wildman–Crippen MR) is 76.6 cm³/mol. The third kappa shape index (κ3) is 2.43. The normalized spacial score (nSPS) is 21.4.